The van der Waals surface area contributed by atoms with Crippen LogP contribution in [0.3, 0.4) is 0 Å². The lowest BCUT2D eigenvalue weighted by atomic mass is 10.1. The van der Waals surface area contributed by atoms with Crippen LogP contribution >= 0.6 is 0 Å². The molecule has 25 heavy (non-hydrogen) atoms. The fraction of sp³-hybridized carbons (Fsp3) is 0.250. The zero-order valence-corrected chi connectivity index (χ0v) is 14.0. The number of aromatic nitrogens is 3. The first-order chi connectivity index (χ1) is 12.4. The van der Waals surface area contributed by atoms with Crippen molar-refractivity contribution in [2.45, 2.75) is 18.9 Å². The highest BCUT2D eigenvalue weighted by Crippen LogP contribution is 2.24. The predicted molar refractivity (Wildman–Crippen MR) is 100 cm³/mol. The topological polar surface area (TPSA) is 62.7 Å². The van der Waals surface area contributed by atoms with Crippen LogP contribution in [0.15, 0.2) is 60.8 Å². The van der Waals surface area contributed by atoms with Crippen LogP contribution in [0.5, 0.6) is 0 Å². The van der Waals surface area contributed by atoms with E-state index >= 15 is 0 Å². The molecule has 1 aromatic carbocycles. The van der Waals surface area contributed by atoms with Gasteiger partial charge in [0.2, 0.25) is 0 Å². The smallest absolute Gasteiger partial charge is 0.162 e. The highest BCUT2D eigenvalue weighted by atomic mass is 15.1. The number of anilines is 1. The highest BCUT2D eigenvalue weighted by molar-refractivity contribution is 5.65. The Labute approximate surface area is 147 Å². The van der Waals surface area contributed by atoms with Crippen LogP contribution in [0.1, 0.15) is 12.8 Å². The third-order valence-electron chi connectivity index (χ3n) is 4.38. The third kappa shape index (κ3) is 3.83. The molecule has 2 N–H and O–H groups in total. The molecule has 1 saturated heterocycles. The van der Waals surface area contributed by atoms with Gasteiger partial charge in [-0.3, -0.25) is 4.98 Å². The van der Waals surface area contributed by atoms with Gasteiger partial charge in [0.05, 0.1) is 11.4 Å². The molecule has 0 bridgehead atoms. The zero-order valence-electron chi connectivity index (χ0n) is 14.0. The van der Waals surface area contributed by atoms with Gasteiger partial charge in [-0.15, -0.1) is 0 Å². The highest BCUT2D eigenvalue weighted by Gasteiger charge is 2.15. The summed E-state index contributed by atoms with van der Waals surface area (Å²) >= 11 is 0. The van der Waals surface area contributed by atoms with Gasteiger partial charge in [-0.1, -0.05) is 36.4 Å². The molecule has 0 atom stereocenters. The molecule has 1 fully saturated rings. The monoisotopic (exact) mass is 331 g/mol. The van der Waals surface area contributed by atoms with Crippen molar-refractivity contribution in [3.05, 3.63) is 60.8 Å². The van der Waals surface area contributed by atoms with Gasteiger partial charge in [0.25, 0.3) is 0 Å². The van der Waals surface area contributed by atoms with Crippen LogP contribution < -0.4 is 10.6 Å². The summed E-state index contributed by atoms with van der Waals surface area (Å²) in [6.45, 7) is 2.09. The first-order valence-corrected chi connectivity index (χ1v) is 8.72. The van der Waals surface area contributed by atoms with Crippen LogP contribution in [0, 0.1) is 0 Å². The Bertz CT molecular complexity index is 756. The van der Waals surface area contributed by atoms with E-state index in [0.29, 0.717) is 6.04 Å². The summed E-state index contributed by atoms with van der Waals surface area (Å²) in [4.78, 5) is 13.9. The van der Waals surface area contributed by atoms with E-state index in [2.05, 4.69) is 15.6 Å². The lowest BCUT2D eigenvalue weighted by Crippen LogP contribution is -2.35. The van der Waals surface area contributed by atoms with Crippen molar-refractivity contribution in [2.24, 2.45) is 0 Å². The maximum absolute atomic E-state index is 4.75. The van der Waals surface area contributed by atoms with Crippen molar-refractivity contribution in [2.75, 3.05) is 18.4 Å². The quantitative estimate of drug-likeness (QED) is 0.767. The number of nitrogens with one attached hydrogen (secondary N) is 2. The molecule has 5 heteroatoms. The molecule has 3 heterocycles. The van der Waals surface area contributed by atoms with Crippen LogP contribution in [0.25, 0.3) is 22.8 Å². The minimum Gasteiger partial charge on any atom is -0.367 e. The molecular weight excluding hydrogens is 310 g/mol. The number of benzene rings is 1. The molecule has 0 unspecified atom stereocenters. The summed E-state index contributed by atoms with van der Waals surface area (Å²) in [5, 5.41) is 6.97. The van der Waals surface area contributed by atoms with Gasteiger partial charge in [0.1, 0.15) is 5.82 Å². The molecular formula is C20H21N5. The van der Waals surface area contributed by atoms with Crippen molar-refractivity contribution < 1.29 is 0 Å². The SMILES string of the molecule is c1ccc(-c2nc(NC3CCNCC3)cc(-c3ccccn3)n2)cc1. The third-order valence-corrected chi connectivity index (χ3v) is 4.38. The van der Waals surface area contributed by atoms with Crippen molar-refractivity contribution in [3.8, 4) is 22.8 Å². The van der Waals surface area contributed by atoms with E-state index in [1.54, 1.807) is 6.20 Å². The van der Waals surface area contributed by atoms with E-state index in [0.717, 1.165) is 54.5 Å². The van der Waals surface area contributed by atoms with E-state index in [1.165, 1.54) is 0 Å². The number of nitrogens with zero attached hydrogens (tertiary/aromatic N) is 3. The number of rotatable bonds is 4. The number of hydrogen-bond donors (Lipinski definition) is 2. The van der Waals surface area contributed by atoms with Crippen LogP contribution in [-0.2, 0) is 0 Å². The molecule has 4 rings (SSSR count). The van der Waals surface area contributed by atoms with Gasteiger partial charge in [-0.25, -0.2) is 9.97 Å². The van der Waals surface area contributed by atoms with Gasteiger partial charge < -0.3 is 10.6 Å². The number of hydrogen-bond acceptors (Lipinski definition) is 5. The van der Waals surface area contributed by atoms with Gasteiger partial charge in [-0.2, -0.15) is 0 Å². The molecule has 1 aliphatic rings. The molecule has 3 aromatic rings. The summed E-state index contributed by atoms with van der Waals surface area (Å²) in [5.74, 6) is 1.58. The normalized spacial score (nSPS) is 15.0. The molecule has 1 aliphatic heterocycles. The Morgan fingerprint density at radius 2 is 1.68 bits per heavy atom. The fourth-order valence-electron chi connectivity index (χ4n) is 3.06. The molecule has 0 radical (unpaired) electrons. The summed E-state index contributed by atoms with van der Waals surface area (Å²) in [7, 11) is 0. The minimum absolute atomic E-state index is 0.441. The minimum atomic E-state index is 0.441. The lowest BCUT2D eigenvalue weighted by Gasteiger charge is -2.24. The largest absolute Gasteiger partial charge is 0.367 e. The maximum Gasteiger partial charge on any atom is 0.162 e. The molecule has 126 valence electrons. The van der Waals surface area contributed by atoms with E-state index in [4.69, 9.17) is 9.97 Å². The Kier molecular flexibility index (Phi) is 4.65. The molecule has 0 saturated carbocycles. The van der Waals surface area contributed by atoms with Gasteiger partial charge >= 0.3 is 0 Å². The van der Waals surface area contributed by atoms with Crippen molar-refractivity contribution >= 4 is 5.82 Å². The van der Waals surface area contributed by atoms with E-state index < -0.39 is 0 Å². The molecule has 2 aromatic heterocycles. The first kappa shape index (κ1) is 15.7. The summed E-state index contributed by atoms with van der Waals surface area (Å²) in [6, 6.07) is 18.4. The lowest BCUT2D eigenvalue weighted by molar-refractivity contribution is 0.478. The van der Waals surface area contributed by atoms with Gasteiger partial charge in [0, 0.05) is 23.9 Å². The van der Waals surface area contributed by atoms with Gasteiger partial charge in [-0.05, 0) is 38.1 Å². The fourth-order valence-corrected chi connectivity index (χ4v) is 3.06. The molecule has 5 nitrogen and oxygen atoms in total. The molecule has 0 amide bonds. The second kappa shape index (κ2) is 7.40. The Morgan fingerprint density at radius 3 is 2.44 bits per heavy atom. The van der Waals surface area contributed by atoms with Crippen LogP contribution in [0.2, 0.25) is 0 Å². The van der Waals surface area contributed by atoms with Crippen molar-refractivity contribution in [3.63, 3.8) is 0 Å². The molecule has 0 aliphatic carbocycles. The second-order valence-electron chi connectivity index (χ2n) is 6.21. The van der Waals surface area contributed by atoms with Crippen LogP contribution in [0.4, 0.5) is 5.82 Å². The van der Waals surface area contributed by atoms with E-state index in [1.807, 2.05) is 54.6 Å². The van der Waals surface area contributed by atoms with E-state index in [9.17, 15) is 0 Å². The first-order valence-electron chi connectivity index (χ1n) is 8.72. The van der Waals surface area contributed by atoms with E-state index in [-0.39, 0.29) is 0 Å². The average Bonchev–Trinajstić information content (AvgIpc) is 2.70. The van der Waals surface area contributed by atoms with Crippen molar-refractivity contribution in [1.29, 1.82) is 0 Å². The summed E-state index contributed by atoms with van der Waals surface area (Å²) in [6.07, 6.45) is 3.99. The standard InChI is InChI=1S/C20H21N5/c1-2-6-15(7-3-1)20-24-18(17-8-4-5-11-22-17)14-19(25-20)23-16-9-12-21-13-10-16/h1-8,11,14,16,21H,9-10,12-13H2,(H,23,24,25). The Morgan fingerprint density at radius 1 is 0.880 bits per heavy atom. The van der Waals surface area contributed by atoms with Crippen LogP contribution in [-0.4, -0.2) is 34.1 Å². The predicted octanol–water partition coefficient (Wildman–Crippen LogP) is 3.37. The van der Waals surface area contributed by atoms with Crippen molar-refractivity contribution in [1.82, 2.24) is 20.3 Å². The second-order valence-corrected chi connectivity index (χ2v) is 6.21. The zero-order chi connectivity index (χ0) is 16.9. The maximum atomic E-state index is 4.75. The molecule has 0 spiro atoms. The number of pyridine rings is 1. The Hall–Kier alpha value is -2.79. The summed E-state index contributed by atoms with van der Waals surface area (Å²) < 4.78 is 0. The average molecular weight is 331 g/mol. The number of piperidine rings is 1. The summed E-state index contributed by atoms with van der Waals surface area (Å²) in [5.41, 5.74) is 2.70. The van der Waals surface area contributed by atoms with Gasteiger partial charge in [0.15, 0.2) is 5.82 Å². The Balaban J connectivity index is 1.72.